The Morgan fingerprint density at radius 2 is 2.11 bits per heavy atom. The normalized spacial score (nSPS) is 12.1. The van der Waals surface area contributed by atoms with Crippen LogP contribution in [0.1, 0.15) is 44.6 Å². The Labute approximate surface area is 117 Å². The molecule has 19 heavy (non-hydrogen) atoms. The highest BCUT2D eigenvalue weighted by Crippen LogP contribution is 2.28. The molecule has 0 saturated heterocycles. The molecule has 2 heteroatoms. The van der Waals surface area contributed by atoms with Gasteiger partial charge in [-0.1, -0.05) is 38.1 Å². The van der Waals surface area contributed by atoms with Gasteiger partial charge < -0.3 is 10.1 Å². The third-order valence-electron chi connectivity index (χ3n) is 3.36. The minimum atomic E-state index is 0.561. The van der Waals surface area contributed by atoms with Crippen LogP contribution >= 0.6 is 0 Å². The standard InChI is InChI=1S/C17H27NO/c1-4-12-18-13-8-9-14-19-17-11-7-6-10-16(17)15(3)5-2/h4,6-7,10-11,15,18H,1,5,8-9,12-14H2,2-3H3/t15-/m1/s1. The van der Waals surface area contributed by atoms with Crippen LogP contribution in [-0.2, 0) is 0 Å². The van der Waals surface area contributed by atoms with Crippen LogP contribution in [0.4, 0.5) is 0 Å². The molecule has 0 heterocycles. The second-order valence-electron chi connectivity index (χ2n) is 4.90. The Balaban J connectivity index is 2.30. The molecule has 0 aliphatic carbocycles. The van der Waals surface area contributed by atoms with E-state index in [4.69, 9.17) is 4.74 Å². The van der Waals surface area contributed by atoms with E-state index >= 15 is 0 Å². The van der Waals surface area contributed by atoms with Crippen molar-refractivity contribution in [3.63, 3.8) is 0 Å². The number of para-hydroxylation sites is 1. The predicted molar refractivity (Wildman–Crippen MR) is 82.9 cm³/mol. The van der Waals surface area contributed by atoms with Crippen LogP contribution in [0, 0.1) is 0 Å². The van der Waals surface area contributed by atoms with Gasteiger partial charge in [0, 0.05) is 6.54 Å². The summed E-state index contributed by atoms with van der Waals surface area (Å²) < 4.78 is 5.92. The fraction of sp³-hybridized carbons (Fsp3) is 0.529. The molecule has 1 atom stereocenters. The number of nitrogens with one attached hydrogen (secondary N) is 1. The zero-order valence-corrected chi connectivity index (χ0v) is 12.3. The molecule has 0 fully saturated rings. The van der Waals surface area contributed by atoms with Gasteiger partial charge in [-0.15, -0.1) is 6.58 Å². The first kappa shape index (κ1) is 15.8. The molecular weight excluding hydrogens is 234 g/mol. The summed E-state index contributed by atoms with van der Waals surface area (Å²) in [6.07, 6.45) is 5.25. The predicted octanol–water partition coefficient (Wildman–Crippen LogP) is 4.13. The lowest BCUT2D eigenvalue weighted by Crippen LogP contribution is -2.15. The van der Waals surface area contributed by atoms with E-state index in [1.165, 1.54) is 5.56 Å². The van der Waals surface area contributed by atoms with Gasteiger partial charge in [0.25, 0.3) is 0 Å². The number of ether oxygens (including phenoxy) is 1. The quantitative estimate of drug-likeness (QED) is 0.505. The molecule has 106 valence electrons. The van der Waals surface area contributed by atoms with E-state index in [0.29, 0.717) is 5.92 Å². The van der Waals surface area contributed by atoms with Crippen molar-refractivity contribution in [2.75, 3.05) is 19.7 Å². The fourth-order valence-electron chi connectivity index (χ4n) is 1.98. The SMILES string of the molecule is C=CCNCCCCOc1ccccc1[C@H](C)CC. The van der Waals surface area contributed by atoms with Crippen LogP contribution in [-0.4, -0.2) is 19.7 Å². The van der Waals surface area contributed by atoms with Gasteiger partial charge in [-0.25, -0.2) is 0 Å². The highest BCUT2D eigenvalue weighted by molar-refractivity contribution is 5.35. The minimum Gasteiger partial charge on any atom is -0.493 e. The highest BCUT2D eigenvalue weighted by atomic mass is 16.5. The van der Waals surface area contributed by atoms with E-state index in [2.05, 4.69) is 43.9 Å². The van der Waals surface area contributed by atoms with Crippen LogP contribution in [0.25, 0.3) is 0 Å². The lowest BCUT2D eigenvalue weighted by atomic mass is 9.98. The average molecular weight is 261 g/mol. The van der Waals surface area contributed by atoms with Gasteiger partial charge in [0.1, 0.15) is 5.75 Å². The highest BCUT2D eigenvalue weighted by Gasteiger charge is 2.08. The molecule has 0 spiro atoms. The van der Waals surface area contributed by atoms with Crippen LogP contribution in [0.5, 0.6) is 5.75 Å². The van der Waals surface area contributed by atoms with E-state index < -0.39 is 0 Å². The van der Waals surface area contributed by atoms with Gasteiger partial charge in [0.2, 0.25) is 0 Å². The van der Waals surface area contributed by atoms with Gasteiger partial charge >= 0.3 is 0 Å². The van der Waals surface area contributed by atoms with E-state index in [-0.39, 0.29) is 0 Å². The Morgan fingerprint density at radius 1 is 1.32 bits per heavy atom. The topological polar surface area (TPSA) is 21.3 Å². The molecule has 1 N–H and O–H groups in total. The first-order valence-corrected chi connectivity index (χ1v) is 7.33. The van der Waals surface area contributed by atoms with Crippen molar-refractivity contribution in [2.45, 2.75) is 39.0 Å². The molecule has 0 aromatic heterocycles. The molecule has 0 bridgehead atoms. The van der Waals surface area contributed by atoms with Gasteiger partial charge in [-0.05, 0) is 43.4 Å². The summed E-state index contributed by atoms with van der Waals surface area (Å²) >= 11 is 0. The van der Waals surface area contributed by atoms with E-state index in [0.717, 1.165) is 44.7 Å². The van der Waals surface area contributed by atoms with Gasteiger partial charge in [0.15, 0.2) is 0 Å². The number of rotatable bonds is 10. The molecule has 0 saturated carbocycles. The van der Waals surface area contributed by atoms with Crippen LogP contribution in [0.3, 0.4) is 0 Å². The summed E-state index contributed by atoms with van der Waals surface area (Å²) in [4.78, 5) is 0. The zero-order chi connectivity index (χ0) is 13.9. The molecule has 1 rings (SSSR count). The molecular formula is C17H27NO. The molecule has 0 unspecified atom stereocenters. The molecule has 0 amide bonds. The first-order valence-electron chi connectivity index (χ1n) is 7.33. The lowest BCUT2D eigenvalue weighted by Gasteiger charge is -2.15. The third-order valence-corrected chi connectivity index (χ3v) is 3.36. The first-order chi connectivity index (χ1) is 9.29. The monoisotopic (exact) mass is 261 g/mol. The van der Waals surface area contributed by atoms with Gasteiger partial charge in [-0.3, -0.25) is 0 Å². The minimum absolute atomic E-state index is 0.561. The Morgan fingerprint density at radius 3 is 2.84 bits per heavy atom. The maximum absolute atomic E-state index is 5.92. The van der Waals surface area contributed by atoms with Gasteiger partial charge in [-0.2, -0.15) is 0 Å². The smallest absolute Gasteiger partial charge is 0.122 e. The summed E-state index contributed by atoms with van der Waals surface area (Å²) in [5.41, 5.74) is 1.33. The Hall–Kier alpha value is -1.28. The molecule has 2 nitrogen and oxygen atoms in total. The maximum Gasteiger partial charge on any atom is 0.122 e. The molecule has 0 radical (unpaired) electrons. The third kappa shape index (κ3) is 5.93. The average Bonchev–Trinajstić information content (AvgIpc) is 2.46. The Bertz CT molecular complexity index is 362. The maximum atomic E-state index is 5.92. The van der Waals surface area contributed by atoms with Crippen LogP contribution in [0.2, 0.25) is 0 Å². The fourth-order valence-corrected chi connectivity index (χ4v) is 1.98. The van der Waals surface area contributed by atoms with Crippen LogP contribution in [0.15, 0.2) is 36.9 Å². The summed E-state index contributed by atoms with van der Waals surface area (Å²) in [5, 5.41) is 3.30. The van der Waals surface area contributed by atoms with Crippen molar-refractivity contribution < 1.29 is 4.74 Å². The van der Waals surface area contributed by atoms with E-state index in [1.54, 1.807) is 0 Å². The largest absolute Gasteiger partial charge is 0.493 e. The van der Waals surface area contributed by atoms with Gasteiger partial charge in [0.05, 0.1) is 6.61 Å². The summed E-state index contributed by atoms with van der Waals surface area (Å²) in [6, 6.07) is 8.40. The second-order valence-corrected chi connectivity index (χ2v) is 4.90. The summed E-state index contributed by atoms with van der Waals surface area (Å²) in [6.45, 7) is 10.9. The van der Waals surface area contributed by atoms with Crippen molar-refractivity contribution in [3.8, 4) is 5.75 Å². The molecule has 0 aliphatic heterocycles. The van der Waals surface area contributed by atoms with E-state index in [1.807, 2.05) is 12.1 Å². The van der Waals surface area contributed by atoms with Crippen molar-refractivity contribution in [3.05, 3.63) is 42.5 Å². The summed E-state index contributed by atoms with van der Waals surface area (Å²) in [5.74, 6) is 1.61. The van der Waals surface area contributed by atoms with Crippen molar-refractivity contribution in [1.29, 1.82) is 0 Å². The molecule has 0 aliphatic rings. The molecule has 1 aromatic carbocycles. The summed E-state index contributed by atoms with van der Waals surface area (Å²) in [7, 11) is 0. The van der Waals surface area contributed by atoms with Crippen LogP contribution < -0.4 is 10.1 Å². The van der Waals surface area contributed by atoms with Crippen molar-refractivity contribution in [2.24, 2.45) is 0 Å². The lowest BCUT2D eigenvalue weighted by molar-refractivity contribution is 0.301. The van der Waals surface area contributed by atoms with Crippen molar-refractivity contribution in [1.82, 2.24) is 5.32 Å². The number of benzene rings is 1. The molecule has 1 aromatic rings. The van der Waals surface area contributed by atoms with Crippen molar-refractivity contribution >= 4 is 0 Å². The van der Waals surface area contributed by atoms with E-state index in [9.17, 15) is 0 Å². The number of hydrogen-bond donors (Lipinski definition) is 1. The number of unbranched alkanes of at least 4 members (excludes halogenated alkanes) is 1. The Kier molecular flexibility index (Phi) is 7.99. The zero-order valence-electron chi connectivity index (χ0n) is 12.3. The second kappa shape index (κ2) is 9.62. The number of hydrogen-bond acceptors (Lipinski definition) is 2.